The zero-order valence-electron chi connectivity index (χ0n) is 15.0. The molecule has 1 fully saturated rings. The molecule has 1 aromatic carbocycles. The molecule has 0 amide bonds. The molecule has 0 N–H and O–H groups in total. The van der Waals surface area contributed by atoms with Gasteiger partial charge >= 0.3 is 0 Å². The molecular formula is C18H25ClFN5. The maximum absolute atomic E-state index is 13.7. The van der Waals surface area contributed by atoms with Crippen molar-refractivity contribution in [3.8, 4) is 0 Å². The fraction of sp³-hybridized carbons (Fsp3) is 0.556. The summed E-state index contributed by atoms with van der Waals surface area (Å²) < 4.78 is 15.8. The minimum atomic E-state index is -0.352. The molecule has 0 saturated carbocycles. The molecule has 5 nitrogen and oxygen atoms in total. The largest absolute Gasteiger partial charge is 0.317 e. The lowest BCUT2D eigenvalue weighted by Gasteiger charge is -2.32. The van der Waals surface area contributed by atoms with Crippen molar-refractivity contribution in [3.05, 3.63) is 46.3 Å². The quantitative estimate of drug-likeness (QED) is 0.816. The number of hydrogen-bond donors (Lipinski definition) is 0. The van der Waals surface area contributed by atoms with Crippen LogP contribution in [0.3, 0.4) is 0 Å². The van der Waals surface area contributed by atoms with Gasteiger partial charge < -0.3 is 9.47 Å². The fourth-order valence-corrected chi connectivity index (χ4v) is 3.58. The van der Waals surface area contributed by atoms with E-state index in [2.05, 4.69) is 24.6 Å². The lowest BCUT2D eigenvalue weighted by Crippen LogP contribution is -2.35. The molecule has 3 rings (SSSR count). The van der Waals surface area contributed by atoms with Gasteiger partial charge in [0.25, 0.3) is 0 Å². The summed E-state index contributed by atoms with van der Waals surface area (Å²) in [5, 5.41) is 8.97. The summed E-state index contributed by atoms with van der Waals surface area (Å²) >= 11 is 5.77. The van der Waals surface area contributed by atoms with Crippen LogP contribution in [0, 0.1) is 5.82 Å². The number of rotatable bonds is 5. The SMILES string of the molecule is CN(C)Cc1nnc([C@@H]2CCCN(Cc3ccc(Cl)c(F)c3)C2)n1C. The molecule has 0 aliphatic carbocycles. The molecule has 2 heterocycles. The van der Waals surface area contributed by atoms with Crippen LogP contribution >= 0.6 is 11.6 Å². The summed E-state index contributed by atoms with van der Waals surface area (Å²) in [7, 11) is 6.10. The number of likely N-dealkylation sites (tertiary alicyclic amines) is 1. The van der Waals surface area contributed by atoms with Gasteiger partial charge in [-0.25, -0.2) is 4.39 Å². The van der Waals surface area contributed by atoms with E-state index in [0.29, 0.717) is 5.92 Å². The van der Waals surface area contributed by atoms with Crippen LogP contribution in [0.1, 0.15) is 36.0 Å². The van der Waals surface area contributed by atoms with E-state index in [1.807, 2.05) is 27.2 Å². The molecule has 136 valence electrons. The molecule has 2 aromatic rings. The van der Waals surface area contributed by atoms with Crippen molar-refractivity contribution in [1.82, 2.24) is 24.6 Å². The highest BCUT2D eigenvalue weighted by Crippen LogP contribution is 2.27. The van der Waals surface area contributed by atoms with Gasteiger partial charge in [-0.1, -0.05) is 17.7 Å². The lowest BCUT2D eigenvalue weighted by molar-refractivity contribution is 0.194. The molecule has 0 radical (unpaired) electrons. The van der Waals surface area contributed by atoms with Crippen LogP contribution in [-0.2, 0) is 20.1 Å². The number of aromatic nitrogens is 3. The summed E-state index contributed by atoms with van der Waals surface area (Å²) in [5.41, 5.74) is 0.953. The summed E-state index contributed by atoms with van der Waals surface area (Å²) in [6.45, 7) is 3.44. The average Bonchev–Trinajstić information content (AvgIpc) is 2.91. The van der Waals surface area contributed by atoms with Crippen molar-refractivity contribution in [2.24, 2.45) is 7.05 Å². The van der Waals surface area contributed by atoms with Crippen molar-refractivity contribution < 1.29 is 4.39 Å². The molecule has 1 atom stereocenters. The van der Waals surface area contributed by atoms with Gasteiger partial charge in [0, 0.05) is 26.1 Å². The highest BCUT2D eigenvalue weighted by molar-refractivity contribution is 6.30. The van der Waals surface area contributed by atoms with Gasteiger partial charge in [0.15, 0.2) is 0 Å². The van der Waals surface area contributed by atoms with Crippen LogP contribution in [0.4, 0.5) is 4.39 Å². The highest BCUT2D eigenvalue weighted by atomic mass is 35.5. The Kier molecular flexibility index (Phi) is 5.71. The maximum atomic E-state index is 13.7. The van der Waals surface area contributed by atoms with Crippen molar-refractivity contribution in [1.29, 1.82) is 0 Å². The fourth-order valence-electron chi connectivity index (χ4n) is 3.46. The van der Waals surface area contributed by atoms with E-state index in [4.69, 9.17) is 11.6 Å². The molecule has 25 heavy (non-hydrogen) atoms. The molecular weight excluding hydrogens is 341 g/mol. The highest BCUT2D eigenvalue weighted by Gasteiger charge is 2.26. The molecule has 7 heteroatoms. The second-order valence-electron chi connectivity index (χ2n) is 7.09. The summed E-state index contributed by atoms with van der Waals surface area (Å²) in [6.07, 6.45) is 2.22. The van der Waals surface area contributed by atoms with Gasteiger partial charge in [-0.3, -0.25) is 4.90 Å². The molecule has 1 aliphatic rings. The summed E-state index contributed by atoms with van der Waals surface area (Å²) in [4.78, 5) is 4.45. The molecule has 0 bridgehead atoms. The van der Waals surface area contributed by atoms with E-state index >= 15 is 0 Å². The first-order chi connectivity index (χ1) is 11.9. The average molecular weight is 366 g/mol. The normalized spacial score (nSPS) is 18.9. The first-order valence-electron chi connectivity index (χ1n) is 8.63. The zero-order chi connectivity index (χ0) is 18.0. The Morgan fingerprint density at radius 2 is 2.12 bits per heavy atom. The third-order valence-electron chi connectivity index (χ3n) is 4.72. The Morgan fingerprint density at radius 3 is 2.84 bits per heavy atom. The molecule has 1 aliphatic heterocycles. The van der Waals surface area contributed by atoms with E-state index in [-0.39, 0.29) is 10.8 Å². The van der Waals surface area contributed by atoms with Crippen LogP contribution in [0.25, 0.3) is 0 Å². The molecule has 1 saturated heterocycles. The van der Waals surface area contributed by atoms with Gasteiger partial charge in [0.05, 0.1) is 11.6 Å². The third-order valence-corrected chi connectivity index (χ3v) is 5.02. The number of hydrogen-bond acceptors (Lipinski definition) is 4. The monoisotopic (exact) mass is 365 g/mol. The van der Waals surface area contributed by atoms with Gasteiger partial charge in [0.2, 0.25) is 0 Å². The Morgan fingerprint density at radius 1 is 1.32 bits per heavy atom. The summed E-state index contributed by atoms with van der Waals surface area (Å²) in [6, 6.07) is 5.06. The van der Waals surface area contributed by atoms with Crippen LogP contribution in [0.2, 0.25) is 5.02 Å². The van der Waals surface area contributed by atoms with E-state index in [1.165, 1.54) is 6.07 Å². The number of benzene rings is 1. The Hall–Kier alpha value is -1.50. The second-order valence-corrected chi connectivity index (χ2v) is 7.50. The van der Waals surface area contributed by atoms with Gasteiger partial charge in [-0.2, -0.15) is 0 Å². The number of nitrogens with zero attached hydrogens (tertiary/aromatic N) is 5. The van der Waals surface area contributed by atoms with Gasteiger partial charge in [0.1, 0.15) is 17.5 Å². The standard InChI is InChI=1S/C18H25ClFN5/c1-23(2)12-17-21-22-18(24(17)3)14-5-4-8-25(11-14)10-13-6-7-15(19)16(20)9-13/h6-7,9,14H,4-5,8,10-12H2,1-3H3/t14-/m1/s1. The first kappa shape index (κ1) is 18.3. The Labute approximate surface area is 153 Å². The number of piperidine rings is 1. The van der Waals surface area contributed by atoms with E-state index in [0.717, 1.165) is 56.2 Å². The molecule has 1 aromatic heterocycles. The zero-order valence-corrected chi connectivity index (χ0v) is 15.8. The van der Waals surface area contributed by atoms with Crippen LogP contribution < -0.4 is 0 Å². The number of halogens is 2. The van der Waals surface area contributed by atoms with E-state index in [1.54, 1.807) is 6.07 Å². The van der Waals surface area contributed by atoms with Crippen molar-refractivity contribution in [2.45, 2.75) is 31.8 Å². The smallest absolute Gasteiger partial charge is 0.146 e. The maximum Gasteiger partial charge on any atom is 0.146 e. The minimum absolute atomic E-state index is 0.174. The predicted molar refractivity (Wildman–Crippen MR) is 97.1 cm³/mol. The third kappa shape index (κ3) is 4.37. The van der Waals surface area contributed by atoms with Gasteiger partial charge in [-0.05, 0) is 51.2 Å². The van der Waals surface area contributed by atoms with Crippen molar-refractivity contribution in [3.63, 3.8) is 0 Å². The van der Waals surface area contributed by atoms with E-state index in [9.17, 15) is 4.39 Å². The molecule has 0 unspecified atom stereocenters. The predicted octanol–water partition coefficient (Wildman–Crippen LogP) is 3.05. The van der Waals surface area contributed by atoms with Crippen LogP contribution in [0.15, 0.2) is 18.2 Å². The molecule has 0 spiro atoms. The first-order valence-corrected chi connectivity index (χ1v) is 9.01. The second kappa shape index (κ2) is 7.81. The lowest BCUT2D eigenvalue weighted by atomic mass is 9.96. The topological polar surface area (TPSA) is 37.2 Å². The van der Waals surface area contributed by atoms with Crippen molar-refractivity contribution >= 4 is 11.6 Å². The van der Waals surface area contributed by atoms with Crippen molar-refractivity contribution in [2.75, 3.05) is 27.2 Å². The Bertz CT molecular complexity index is 730. The summed E-state index contributed by atoms with van der Waals surface area (Å²) in [5.74, 6) is 2.04. The van der Waals surface area contributed by atoms with Crippen LogP contribution in [0.5, 0.6) is 0 Å². The van der Waals surface area contributed by atoms with E-state index < -0.39 is 0 Å². The van der Waals surface area contributed by atoms with Gasteiger partial charge in [-0.15, -0.1) is 10.2 Å². The minimum Gasteiger partial charge on any atom is -0.317 e. The Balaban J connectivity index is 1.68. The van der Waals surface area contributed by atoms with Crippen LogP contribution in [-0.4, -0.2) is 51.7 Å².